The SMILES string of the molecule is Cn1cncc1CN1C=C(Cc2ccccc2)N=Cc2ccsc21. The van der Waals surface area contributed by atoms with Crippen LogP contribution >= 0.6 is 11.3 Å². The van der Waals surface area contributed by atoms with Gasteiger partial charge in [-0.05, 0) is 17.0 Å². The van der Waals surface area contributed by atoms with Gasteiger partial charge in [0.05, 0.1) is 24.3 Å². The largest absolute Gasteiger partial charge is 0.336 e. The molecule has 0 saturated heterocycles. The van der Waals surface area contributed by atoms with Gasteiger partial charge in [0.1, 0.15) is 5.00 Å². The Hall–Kier alpha value is -2.66. The molecule has 3 aromatic rings. The van der Waals surface area contributed by atoms with Crippen LogP contribution in [-0.4, -0.2) is 15.8 Å². The third kappa shape index (κ3) is 3.03. The Kier molecular flexibility index (Phi) is 4.01. The Morgan fingerprint density at radius 2 is 2.00 bits per heavy atom. The fourth-order valence-corrected chi connectivity index (χ4v) is 3.65. The Bertz CT molecular complexity index is 889. The van der Waals surface area contributed by atoms with Crippen molar-refractivity contribution in [1.82, 2.24) is 9.55 Å². The quantitative estimate of drug-likeness (QED) is 0.722. The van der Waals surface area contributed by atoms with Gasteiger partial charge in [0, 0.05) is 37.6 Å². The van der Waals surface area contributed by atoms with Gasteiger partial charge in [0.25, 0.3) is 0 Å². The highest BCUT2D eigenvalue weighted by molar-refractivity contribution is 7.14. The molecule has 0 saturated carbocycles. The number of thiophene rings is 1. The third-order valence-electron chi connectivity index (χ3n) is 4.09. The van der Waals surface area contributed by atoms with Gasteiger partial charge in [-0.2, -0.15) is 0 Å². The lowest BCUT2D eigenvalue weighted by atomic mass is 10.1. The van der Waals surface area contributed by atoms with Crippen LogP contribution in [0.25, 0.3) is 0 Å². The molecule has 24 heavy (non-hydrogen) atoms. The molecular weight excluding hydrogens is 316 g/mol. The Morgan fingerprint density at radius 3 is 2.79 bits per heavy atom. The first-order chi connectivity index (χ1) is 11.8. The summed E-state index contributed by atoms with van der Waals surface area (Å²) in [6, 6.07) is 12.6. The van der Waals surface area contributed by atoms with Crippen molar-refractivity contribution in [2.45, 2.75) is 13.0 Å². The zero-order chi connectivity index (χ0) is 16.4. The minimum absolute atomic E-state index is 0.783. The van der Waals surface area contributed by atoms with E-state index in [4.69, 9.17) is 4.99 Å². The minimum atomic E-state index is 0.783. The van der Waals surface area contributed by atoms with Crippen molar-refractivity contribution < 1.29 is 0 Å². The molecule has 120 valence electrons. The number of hydrogen-bond donors (Lipinski definition) is 0. The number of benzene rings is 1. The number of fused-ring (bicyclic) bond motifs is 1. The second kappa shape index (κ2) is 6.45. The lowest BCUT2D eigenvalue weighted by molar-refractivity contribution is 0.801. The summed E-state index contributed by atoms with van der Waals surface area (Å²) in [4.78, 5) is 11.2. The van der Waals surface area contributed by atoms with Gasteiger partial charge < -0.3 is 9.47 Å². The van der Waals surface area contributed by atoms with Crippen molar-refractivity contribution in [3.8, 4) is 0 Å². The van der Waals surface area contributed by atoms with E-state index in [1.807, 2.05) is 31.9 Å². The molecule has 0 spiro atoms. The molecule has 0 atom stereocenters. The van der Waals surface area contributed by atoms with Crippen LogP contribution in [0.1, 0.15) is 16.8 Å². The summed E-state index contributed by atoms with van der Waals surface area (Å²) in [5.41, 5.74) is 4.67. The number of imidazole rings is 1. The summed E-state index contributed by atoms with van der Waals surface area (Å²) >= 11 is 1.74. The van der Waals surface area contributed by atoms with Gasteiger partial charge in [-0.3, -0.25) is 4.99 Å². The highest BCUT2D eigenvalue weighted by Gasteiger charge is 2.16. The molecule has 0 bridgehead atoms. The lowest BCUT2D eigenvalue weighted by Crippen LogP contribution is -2.17. The maximum absolute atomic E-state index is 4.71. The van der Waals surface area contributed by atoms with Crippen molar-refractivity contribution in [2.24, 2.45) is 12.0 Å². The van der Waals surface area contributed by atoms with Crippen LogP contribution in [0.2, 0.25) is 0 Å². The summed E-state index contributed by atoms with van der Waals surface area (Å²) in [5.74, 6) is 0. The number of rotatable bonds is 4. The van der Waals surface area contributed by atoms with Gasteiger partial charge in [0.15, 0.2) is 0 Å². The van der Waals surface area contributed by atoms with E-state index in [2.05, 4.69) is 56.4 Å². The van der Waals surface area contributed by atoms with E-state index >= 15 is 0 Å². The Labute approximate surface area is 145 Å². The first kappa shape index (κ1) is 14.9. The average Bonchev–Trinajstić information content (AvgIpc) is 3.19. The molecule has 4 rings (SSSR count). The van der Waals surface area contributed by atoms with Crippen molar-refractivity contribution >= 4 is 22.6 Å². The lowest BCUT2D eigenvalue weighted by Gasteiger charge is -2.19. The van der Waals surface area contributed by atoms with E-state index in [1.54, 1.807) is 11.3 Å². The van der Waals surface area contributed by atoms with Crippen LogP contribution in [0.5, 0.6) is 0 Å². The predicted molar refractivity (Wildman–Crippen MR) is 99.5 cm³/mol. The van der Waals surface area contributed by atoms with E-state index in [0.29, 0.717) is 0 Å². The molecule has 0 unspecified atom stereocenters. The molecule has 1 aliphatic heterocycles. The number of nitrogens with zero attached hydrogens (tertiary/aromatic N) is 4. The summed E-state index contributed by atoms with van der Waals surface area (Å²) in [5, 5.41) is 3.34. The van der Waals surface area contributed by atoms with E-state index in [-0.39, 0.29) is 0 Å². The third-order valence-corrected chi connectivity index (χ3v) is 5.05. The van der Waals surface area contributed by atoms with Gasteiger partial charge in [-0.25, -0.2) is 4.98 Å². The zero-order valence-corrected chi connectivity index (χ0v) is 14.3. The maximum atomic E-state index is 4.71. The summed E-state index contributed by atoms with van der Waals surface area (Å²) < 4.78 is 2.06. The van der Waals surface area contributed by atoms with Gasteiger partial charge in [-0.15, -0.1) is 11.3 Å². The van der Waals surface area contributed by atoms with Crippen molar-refractivity contribution in [2.75, 3.05) is 4.90 Å². The van der Waals surface area contributed by atoms with Crippen LogP contribution in [0.3, 0.4) is 0 Å². The van der Waals surface area contributed by atoms with Gasteiger partial charge in [-0.1, -0.05) is 30.3 Å². The second-order valence-electron chi connectivity index (χ2n) is 5.85. The molecular formula is C19H18N4S. The number of aliphatic imine (C=N–C) groups is 1. The van der Waals surface area contributed by atoms with E-state index in [1.165, 1.54) is 21.8 Å². The fraction of sp³-hybridized carbons (Fsp3) is 0.158. The molecule has 2 aromatic heterocycles. The number of anilines is 1. The molecule has 3 heterocycles. The number of hydrogen-bond acceptors (Lipinski definition) is 4. The standard InChI is InChI=1S/C19H18N4S/c1-22-14-20-11-18(22)13-23-12-17(9-15-5-3-2-4-6-15)21-10-16-7-8-24-19(16)23/h2-8,10-12,14H,9,13H2,1H3. The van der Waals surface area contributed by atoms with Gasteiger partial charge >= 0.3 is 0 Å². The molecule has 0 N–H and O–H groups in total. The molecule has 0 amide bonds. The second-order valence-corrected chi connectivity index (χ2v) is 6.74. The number of aryl methyl sites for hydroxylation is 1. The van der Waals surface area contributed by atoms with Crippen molar-refractivity contribution in [3.63, 3.8) is 0 Å². The first-order valence-corrected chi connectivity index (χ1v) is 8.75. The Morgan fingerprint density at radius 1 is 1.12 bits per heavy atom. The van der Waals surface area contributed by atoms with Crippen molar-refractivity contribution in [1.29, 1.82) is 0 Å². The van der Waals surface area contributed by atoms with Crippen LogP contribution in [0, 0.1) is 0 Å². The average molecular weight is 334 g/mol. The molecule has 5 heteroatoms. The Balaban J connectivity index is 1.66. The van der Waals surface area contributed by atoms with Gasteiger partial charge in [0.2, 0.25) is 0 Å². The topological polar surface area (TPSA) is 33.4 Å². The van der Waals surface area contributed by atoms with E-state index in [0.717, 1.165) is 18.7 Å². The number of allylic oxidation sites excluding steroid dienone is 1. The molecule has 0 radical (unpaired) electrons. The van der Waals surface area contributed by atoms with Crippen LogP contribution < -0.4 is 4.90 Å². The summed E-state index contributed by atoms with van der Waals surface area (Å²) in [6.07, 6.45) is 8.73. The normalized spacial score (nSPS) is 13.5. The van der Waals surface area contributed by atoms with Crippen LogP contribution in [0.4, 0.5) is 5.00 Å². The van der Waals surface area contributed by atoms with Crippen molar-refractivity contribution in [3.05, 3.63) is 83.0 Å². The molecule has 1 aromatic carbocycles. The molecule has 0 aliphatic carbocycles. The minimum Gasteiger partial charge on any atom is -0.336 e. The molecule has 0 fully saturated rings. The zero-order valence-electron chi connectivity index (χ0n) is 13.5. The molecule has 1 aliphatic rings. The van der Waals surface area contributed by atoms with Crippen LogP contribution in [-0.2, 0) is 20.0 Å². The first-order valence-electron chi connectivity index (χ1n) is 7.87. The predicted octanol–water partition coefficient (Wildman–Crippen LogP) is 4.00. The highest BCUT2D eigenvalue weighted by Crippen LogP contribution is 2.31. The molecule has 4 nitrogen and oxygen atoms in total. The fourth-order valence-electron chi connectivity index (χ4n) is 2.79. The summed E-state index contributed by atoms with van der Waals surface area (Å²) in [6.45, 7) is 0.783. The van der Waals surface area contributed by atoms with Crippen LogP contribution in [0.15, 0.2) is 71.2 Å². The maximum Gasteiger partial charge on any atom is 0.104 e. The monoisotopic (exact) mass is 334 g/mol. The number of aromatic nitrogens is 2. The van der Waals surface area contributed by atoms with E-state index in [9.17, 15) is 0 Å². The summed E-state index contributed by atoms with van der Waals surface area (Å²) in [7, 11) is 2.03. The smallest absolute Gasteiger partial charge is 0.104 e. The van der Waals surface area contributed by atoms with E-state index < -0.39 is 0 Å². The highest BCUT2D eigenvalue weighted by atomic mass is 32.1.